The average Bonchev–Trinajstić information content (AvgIpc) is 3.03. The van der Waals surface area contributed by atoms with Crippen LogP contribution in [0.25, 0.3) is 0 Å². The van der Waals surface area contributed by atoms with Crippen LogP contribution in [0.15, 0.2) is 0 Å². The minimum absolute atomic E-state index is 0.374. The summed E-state index contributed by atoms with van der Waals surface area (Å²) in [5.41, 5.74) is 0. The van der Waals surface area contributed by atoms with E-state index in [2.05, 4.69) is 17.1 Å². The van der Waals surface area contributed by atoms with Gasteiger partial charge in [0.25, 0.3) is 0 Å². The van der Waals surface area contributed by atoms with Gasteiger partial charge in [-0.15, -0.1) is 0 Å². The van der Waals surface area contributed by atoms with Crippen molar-refractivity contribution in [3.63, 3.8) is 0 Å². The fraction of sp³-hybridized carbons (Fsp3) is 0.923. The normalized spacial score (nSPS) is 27.5. The number of rotatable bonds is 6. The summed E-state index contributed by atoms with van der Waals surface area (Å²) in [5.74, 6) is 1.82. The molecule has 1 aliphatic carbocycles. The van der Waals surface area contributed by atoms with E-state index in [-0.39, 0.29) is 0 Å². The van der Waals surface area contributed by atoms with Crippen LogP contribution in [0.1, 0.15) is 39.0 Å². The van der Waals surface area contributed by atoms with Crippen molar-refractivity contribution in [1.29, 1.82) is 0 Å². The Labute approximate surface area is 98.6 Å². The maximum absolute atomic E-state index is 11.9. The van der Waals surface area contributed by atoms with E-state index in [1.807, 2.05) is 7.05 Å². The Morgan fingerprint density at radius 1 is 1.50 bits per heavy atom. The number of hydrogen-bond donors (Lipinski definition) is 1. The zero-order valence-electron chi connectivity index (χ0n) is 10.5. The van der Waals surface area contributed by atoms with Gasteiger partial charge in [-0.05, 0) is 38.1 Å². The first-order valence-corrected chi connectivity index (χ1v) is 6.69. The second-order valence-corrected chi connectivity index (χ2v) is 5.39. The first kappa shape index (κ1) is 11.9. The minimum Gasteiger partial charge on any atom is -0.341 e. The van der Waals surface area contributed by atoms with E-state index in [9.17, 15) is 4.79 Å². The van der Waals surface area contributed by atoms with Crippen molar-refractivity contribution in [1.82, 2.24) is 10.2 Å². The largest absolute Gasteiger partial charge is 0.341 e. The lowest BCUT2D eigenvalue weighted by molar-refractivity contribution is -0.128. The van der Waals surface area contributed by atoms with Crippen LogP contribution in [-0.4, -0.2) is 37.0 Å². The number of amides is 1. The molecule has 3 nitrogen and oxygen atoms in total. The van der Waals surface area contributed by atoms with Crippen molar-refractivity contribution < 1.29 is 4.79 Å². The molecule has 1 amide bonds. The van der Waals surface area contributed by atoms with Crippen LogP contribution in [0.5, 0.6) is 0 Å². The Morgan fingerprint density at radius 3 is 2.81 bits per heavy atom. The van der Waals surface area contributed by atoms with Gasteiger partial charge < -0.3 is 10.2 Å². The summed E-state index contributed by atoms with van der Waals surface area (Å²) in [5, 5.41) is 3.36. The highest BCUT2D eigenvalue weighted by Gasteiger charge is 2.35. The lowest BCUT2D eigenvalue weighted by atomic mass is 10.0. The van der Waals surface area contributed by atoms with Crippen molar-refractivity contribution in [3.05, 3.63) is 0 Å². The summed E-state index contributed by atoms with van der Waals surface area (Å²) in [6, 6.07) is 0.532. The van der Waals surface area contributed by atoms with Gasteiger partial charge in [-0.2, -0.15) is 0 Å². The van der Waals surface area contributed by atoms with Crippen LogP contribution in [0.4, 0.5) is 0 Å². The highest BCUT2D eigenvalue weighted by molar-refractivity contribution is 5.78. The molecule has 2 atom stereocenters. The van der Waals surface area contributed by atoms with Crippen molar-refractivity contribution in [2.24, 2.45) is 11.8 Å². The van der Waals surface area contributed by atoms with Crippen LogP contribution in [-0.2, 0) is 4.79 Å². The summed E-state index contributed by atoms with van der Waals surface area (Å²) in [6.07, 6.45) is 5.87. The molecule has 3 heteroatoms. The summed E-state index contributed by atoms with van der Waals surface area (Å²) in [4.78, 5) is 13.9. The smallest absolute Gasteiger partial charge is 0.222 e. The van der Waals surface area contributed by atoms with E-state index < -0.39 is 0 Å². The van der Waals surface area contributed by atoms with E-state index in [4.69, 9.17) is 0 Å². The van der Waals surface area contributed by atoms with E-state index >= 15 is 0 Å². The third-order valence-corrected chi connectivity index (χ3v) is 3.97. The van der Waals surface area contributed by atoms with Crippen molar-refractivity contribution in [3.8, 4) is 0 Å². The van der Waals surface area contributed by atoms with E-state index in [1.54, 1.807) is 0 Å². The lowest BCUT2D eigenvalue weighted by Crippen LogP contribution is -2.41. The predicted octanol–water partition coefficient (Wildman–Crippen LogP) is 1.63. The number of nitrogens with zero attached hydrogens (tertiary/aromatic N) is 1. The van der Waals surface area contributed by atoms with Gasteiger partial charge in [-0.1, -0.05) is 13.3 Å². The highest BCUT2D eigenvalue weighted by atomic mass is 16.2. The maximum Gasteiger partial charge on any atom is 0.222 e. The van der Waals surface area contributed by atoms with Crippen molar-refractivity contribution >= 4 is 5.91 Å². The van der Waals surface area contributed by atoms with Crippen LogP contribution >= 0.6 is 0 Å². The number of likely N-dealkylation sites (tertiary alicyclic amines) is 1. The summed E-state index contributed by atoms with van der Waals surface area (Å²) < 4.78 is 0. The average molecular weight is 224 g/mol. The van der Waals surface area contributed by atoms with Gasteiger partial charge >= 0.3 is 0 Å². The summed E-state index contributed by atoms with van der Waals surface area (Å²) >= 11 is 0. The topological polar surface area (TPSA) is 32.3 Å². The van der Waals surface area contributed by atoms with Crippen molar-refractivity contribution in [2.45, 2.75) is 45.1 Å². The second-order valence-electron chi connectivity index (χ2n) is 5.39. The SMILES string of the molecule is CCCC1CC(=O)N(CC(NC)C2CC2)C1. The molecule has 1 heterocycles. The fourth-order valence-corrected chi connectivity index (χ4v) is 2.84. The van der Waals surface area contributed by atoms with Gasteiger partial charge in [0, 0.05) is 25.6 Å². The van der Waals surface area contributed by atoms with Crippen LogP contribution in [0.3, 0.4) is 0 Å². The third-order valence-electron chi connectivity index (χ3n) is 3.97. The Kier molecular flexibility index (Phi) is 3.85. The second kappa shape index (κ2) is 5.17. The summed E-state index contributed by atoms with van der Waals surface area (Å²) in [6.45, 7) is 4.13. The Balaban J connectivity index is 1.82. The number of carbonyl (C=O) groups excluding carboxylic acids is 1. The first-order valence-electron chi connectivity index (χ1n) is 6.69. The maximum atomic E-state index is 11.9. The summed E-state index contributed by atoms with van der Waals surface area (Å²) in [7, 11) is 2.02. The van der Waals surface area contributed by atoms with Crippen LogP contribution in [0.2, 0.25) is 0 Å². The molecule has 2 unspecified atom stereocenters. The van der Waals surface area contributed by atoms with E-state index in [1.165, 1.54) is 25.7 Å². The van der Waals surface area contributed by atoms with Gasteiger partial charge in [0.1, 0.15) is 0 Å². The molecule has 2 aliphatic rings. The Hall–Kier alpha value is -0.570. The standard InChI is InChI=1S/C13H24N2O/c1-3-4-10-7-13(16)15(8-10)9-12(14-2)11-5-6-11/h10-12,14H,3-9H2,1-2H3. The molecular formula is C13H24N2O. The lowest BCUT2D eigenvalue weighted by Gasteiger charge is -2.23. The van der Waals surface area contributed by atoms with Gasteiger partial charge in [0.2, 0.25) is 5.91 Å². The van der Waals surface area contributed by atoms with Gasteiger partial charge in [-0.3, -0.25) is 4.79 Å². The minimum atomic E-state index is 0.374. The zero-order valence-corrected chi connectivity index (χ0v) is 10.5. The van der Waals surface area contributed by atoms with Crippen LogP contribution < -0.4 is 5.32 Å². The zero-order chi connectivity index (χ0) is 11.5. The first-order chi connectivity index (χ1) is 7.74. The molecule has 0 aromatic rings. The molecule has 2 fully saturated rings. The molecule has 92 valence electrons. The molecular weight excluding hydrogens is 200 g/mol. The third kappa shape index (κ3) is 2.76. The number of likely N-dealkylation sites (N-methyl/N-ethyl adjacent to an activating group) is 1. The quantitative estimate of drug-likeness (QED) is 0.744. The molecule has 0 spiro atoms. The highest BCUT2D eigenvalue weighted by Crippen LogP contribution is 2.33. The molecule has 1 N–H and O–H groups in total. The monoisotopic (exact) mass is 224 g/mol. The number of hydrogen-bond acceptors (Lipinski definition) is 2. The number of carbonyl (C=O) groups is 1. The van der Waals surface area contributed by atoms with Gasteiger partial charge in [0.15, 0.2) is 0 Å². The molecule has 0 bridgehead atoms. The molecule has 1 saturated heterocycles. The van der Waals surface area contributed by atoms with Crippen LogP contribution in [0, 0.1) is 11.8 Å². The molecule has 1 saturated carbocycles. The van der Waals surface area contributed by atoms with E-state index in [0.717, 1.165) is 25.4 Å². The van der Waals surface area contributed by atoms with Crippen molar-refractivity contribution in [2.75, 3.05) is 20.1 Å². The fourth-order valence-electron chi connectivity index (χ4n) is 2.84. The Morgan fingerprint density at radius 2 is 2.25 bits per heavy atom. The van der Waals surface area contributed by atoms with Gasteiger partial charge in [0.05, 0.1) is 0 Å². The molecule has 0 aromatic heterocycles. The molecule has 2 rings (SSSR count). The van der Waals surface area contributed by atoms with E-state index in [0.29, 0.717) is 17.9 Å². The molecule has 0 aromatic carbocycles. The molecule has 0 radical (unpaired) electrons. The molecule has 1 aliphatic heterocycles. The molecule has 16 heavy (non-hydrogen) atoms. The predicted molar refractivity (Wildman–Crippen MR) is 65.2 cm³/mol. The van der Waals surface area contributed by atoms with Gasteiger partial charge in [-0.25, -0.2) is 0 Å². The Bertz CT molecular complexity index is 250. The number of nitrogens with one attached hydrogen (secondary N) is 1.